The van der Waals surface area contributed by atoms with Crippen molar-refractivity contribution in [2.24, 2.45) is 5.73 Å². The van der Waals surface area contributed by atoms with Crippen LogP contribution in [-0.4, -0.2) is 28.6 Å². The molecule has 0 bridgehead atoms. The van der Waals surface area contributed by atoms with Gasteiger partial charge in [0.2, 0.25) is 0 Å². The Bertz CT molecular complexity index is 449. The SMILES string of the molecule is CCN(c1cc(=O)[nH]c(C)n1)C1CCC(N)CC1. The molecule has 18 heavy (non-hydrogen) atoms. The van der Waals surface area contributed by atoms with Crippen LogP contribution in [0.2, 0.25) is 0 Å². The summed E-state index contributed by atoms with van der Waals surface area (Å²) in [7, 11) is 0. The number of aromatic nitrogens is 2. The van der Waals surface area contributed by atoms with E-state index in [0.29, 0.717) is 17.9 Å². The number of aryl methyl sites for hydroxylation is 1. The number of hydrogen-bond acceptors (Lipinski definition) is 4. The molecule has 0 atom stereocenters. The van der Waals surface area contributed by atoms with Gasteiger partial charge in [-0.25, -0.2) is 4.98 Å². The number of hydrogen-bond donors (Lipinski definition) is 2. The summed E-state index contributed by atoms with van der Waals surface area (Å²) in [4.78, 5) is 20.9. The number of nitrogens with two attached hydrogens (primary N) is 1. The van der Waals surface area contributed by atoms with Crippen LogP contribution in [0.5, 0.6) is 0 Å². The van der Waals surface area contributed by atoms with Crippen LogP contribution in [0, 0.1) is 6.92 Å². The summed E-state index contributed by atoms with van der Waals surface area (Å²) in [6, 6.07) is 2.39. The molecular formula is C13H22N4O. The van der Waals surface area contributed by atoms with E-state index < -0.39 is 0 Å². The lowest BCUT2D eigenvalue weighted by Crippen LogP contribution is -2.41. The van der Waals surface area contributed by atoms with E-state index >= 15 is 0 Å². The summed E-state index contributed by atoms with van der Waals surface area (Å²) in [5, 5.41) is 0. The molecule has 0 saturated heterocycles. The summed E-state index contributed by atoms with van der Waals surface area (Å²) >= 11 is 0. The van der Waals surface area contributed by atoms with Crippen molar-refractivity contribution in [1.82, 2.24) is 9.97 Å². The van der Waals surface area contributed by atoms with Crippen molar-refractivity contribution < 1.29 is 0 Å². The molecule has 1 heterocycles. The van der Waals surface area contributed by atoms with E-state index in [4.69, 9.17) is 5.73 Å². The maximum atomic E-state index is 11.5. The minimum Gasteiger partial charge on any atom is -0.354 e. The number of anilines is 1. The zero-order valence-corrected chi connectivity index (χ0v) is 11.1. The topological polar surface area (TPSA) is 75.0 Å². The lowest BCUT2D eigenvalue weighted by molar-refractivity contribution is 0.376. The van der Waals surface area contributed by atoms with Crippen molar-refractivity contribution in [3.63, 3.8) is 0 Å². The van der Waals surface area contributed by atoms with E-state index in [1.54, 1.807) is 6.07 Å². The first kappa shape index (κ1) is 13.1. The van der Waals surface area contributed by atoms with Crippen LogP contribution < -0.4 is 16.2 Å². The molecule has 1 fully saturated rings. The quantitative estimate of drug-likeness (QED) is 0.844. The van der Waals surface area contributed by atoms with Gasteiger partial charge in [0.05, 0.1) is 0 Å². The van der Waals surface area contributed by atoms with Gasteiger partial charge < -0.3 is 15.6 Å². The maximum Gasteiger partial charge on any atom is 0.252 e. The number of nitrogens with zero attached hydrogens (tertiary/aromatic N) is 2. The van der Waals surface area contributed by atoms with Gasteiger partial charge in [-0.1, -0.05) is 0 Å². The minimum absolute atomic E-state index is 0.0801. The molecule has 3 N–H and O–H groups in total. The standard InChI is InChI=1S/C13H22N4O/c1-3-17(11-6-4-10(14)5-7-11)12-8-13(18)16-9(2)15-12/h8,10-11H,3-7,14H2,1-2H3,(H,15,16,18). The van der Waals surface area contributed by atoms with E-state index in [-0.39, 0.29) is 5.56 Å². The molecule has 1 aromatic rings. The Balaban J connectivity index is 2.19. The average Bonchev–Trinajstić information content (AvgIpc) is 2.31. The second kappa shape index (κ2) is 5.52. The summed E-state index contributed by atoms with van der Waals surface area (Å²) in [5.74, 6) is 1.46. The predicted molar refractivity (Wildman–Crippen MR) is 72.8 cm³/mol. The smallest absolute Gasteiger partial charge is 0.252 e. The third-order valence-electron chi connectivity index (χ3n) is 3.66. The highest BCUT2D eigenvalue weighted by Gasteiger charge is 2.24. The zero-order valence-electron chi connectivity index (χ0n) is 11.1. The zero-order chi connectivity index (χ0) is 13.1. The Labute approximate surface area is 107 Å². The molecule has 1 saturated carbocycles. The van der Waals surface area contributed by atoms with Crippen LogP contribution >= 0.6 is 0 Å². The molecule has 1 aliphatic rings. The second-order valence-corrected chi connectivity index (χ2v) is 5.04. The van der Waals surface area contributed by atoms with Crippen LogP contribution in [0.4, 0.5) is 5.82 Å². The van der Waals surface area contributed by atoms with Gasteiger partial charge in [0, 0.05) is 24.7 Å². The summed E-state index contributed by atoms with van der Waals surface area (Å²) in [6.45, 7) is 4.79. The van der Waals surface area contributed by atoms with Gasteiger partial charge in [0.15, 0.2) is 0 Å². The monoisotopic (exact) mass is 250 g/mol. The van der Waals surface area contributed by atoms with Crippen LogP contribution in [0.3, 0.4) is 0 Å². The van der Waals surface area contributed by atoms with Crippen molar-refractivity contribution in [2.45, 2.75) is 51.6 Å². The van der Waals surface area contributed by atoms with Crippen molar-refractivity contribution in [2.75, 3.05) is 11.4 Å². The van der Waals surface area contributed by atoms with E-state index in [2.05, 4.69) is 21.8 Å². The van der Waals surface area contributed by atoms with Gasteiger partial charge in [-0.3, -0.25) is 4.79 Å². The third-order valence-corrected chi connectivity index (χ3v) is 3.66. The average molecular weight is 250 g/mol. The maximum absolute atomic E-state index is 11.5. The van der Waals surface area contributed by atoms with Crippen LogP contribution in [0.25, 0.3) is 0 Å². The predicted octanol–water partition coefficient (Wildman–Crippen LogP) is 1.17. The van der Waals surface area contributed by atoms with Gasteiger partial charge in [-0.15, -0.1) is 0 Å². The number of rotatable bonds is 3. The molecular weight excluding hydrogens is 228 g/mol. The highest BCUT2D eigenvalue weighted by atomic mass is 16.1. The van der Waals surface area contributed by atoms with Crippen LogP contribution in [-0.2, 0) is 0 Å². The molecule has 0 unspecified atom stereocenters. The molecule has 100 valence electrons. The normalized spacial score (nSPS) is 23.9. The summed E-state index contributed by atoms with van der Waals surface area (Å²) < 4.78 is 0. The van der Waals surface area contributed by atoms with Gasteiger partial charge in [0.1, 0.15) is 11.6 Å². The lowest BCUT2D eigenvalue weighted by atomic mass is 9.91. The van der Waals surface area contributed by atoms with E-state index in [1.165, 1.54) is 0 Å². The molecule has 1 aliphatic carbocycles. The number of aromatic amines is 1. The number of nitrogens with one attached hydrogen (secondary N) is 1. The Hall–Kier alpha value is -1.36. The molecule has 0 amide bonds. The van der Waals surface area contributed by atoms with Gasteiger partial charge >= 0.3 is 0 Å². The van der Waals surface area contributed by atoms with Gasteiger partial charge in [-0.05, 0) is 39.5 Å². The van der Waals surface area contributed by atoms with Crippen molar-refractivity contribution in [3.05, 3.63) is 22.2 Å². The van der Waals surface area contributed by atoms with Crippen molar-refractivity contribution in [1.29, 1.82) is 0 Å². The van der Waals surface area contributed by atoms with Crippen LogP contribution in [0.15, 0.2) is 10.9 Å². The van der Waals surface area contributed by atoms with E-state index in [9.17, 15) is 4.79 Å². The molecule has 0 aliphatic heterocycles. The van der Waals surface area contributed by atoms with E-state index in [0.717, 1.165) is 38.0 Å². The first-order valence-electron chi connectivity index (χ1n) is 6.70. The Morgan fingerprint density at radius 1 is 1.44 bits per heavy atom. The molecule has 0 aromatic carbocycles. The fraction of sp³-hybridized carbons (Fsp3) is 0.692. The third kappa shape index (κ3) is 2.90. The summed E-state index contributed by atoms with van der Waals surface area (Å²) in [5.41, 5.74) is 5.86. The highest BCUT2D eigenvalue weighted by molar-refractivity contribution is 5.38. The summed E-state index contributed by atoms with van der Waals surface area (Å²) in [6.07, 6.45) is 4.29. The first-order valence-corrected chi connectivity index (χ1v) is 6.70. The fourth-order valence-electron chi connectivity index (χ4n) is 2.73. The van der Waals surface area contributed by atoms with Gasteiger partial charge in [-0.2, -0.15) is 0 Å². The molecule has 1 aromatic heterocycles. The van der Waals surface area contributed by atoms with E-state index in [1.807, 2.05) is 6.92 Å². The van der Waals surface area contributed by atoms with Crippen LogP contribution in [0.1, 0.15) is 38.4 Å². The largest absolute Gasteiger partial charge is 0.354 e. The second-order valence-electron chi connectivity index (χ2n) is 5.04. The van der Waals surface area contributed by atoms with Crippen molar-refractivity contribution >= 4 is 5.82 Å². The fourth-order valence-corrected chi connectivity index (χ4v) is 2.73. The Morgan fingerprint density at radius 2 is 2.11 bits per heavy atom. The first-order chi connectivity index (χ1) is 8.60. The molecule has 5 heteroatoms. The van der Waals surface area contributed by atoms with Crippen molar-refractivity contribution in [3.8, 4) is 0 Å². The Kier molecular flexibility index (Phi) is 4.01. The number of H-pyrrole nitrogens is 1. The molecule has 2 rings (SSSR count). The van der Waals surface area contributed by atoms with Gasteiger partial charge in [0.25, 0.3) is 5.56 Å². The lowest BCUT2D eigenvalue weighted by Gasteiger charge is -2.36. The highest BCUT2D eigenvalue weighted by Crippen LogP contribution is 2.25. The molecule has 0 radical (unpaired) electrons. The Morgan fingerprint density at radius 3 is 2.67 bits per heavy atom. The molecule has 5 nitrogen and oxygen atoms in total. The minimum atomic E-state index is -0.0801. The molecule has 0 spiro atoms.